The van der Waals surface area contributed by atoms with Gasteiger partial charge in [0.2, 0.25) is 0 Å². The monoisotopic (exact) mass is 345 g/mol. The zero-order valence-electron chi connectivity index (χ0n) is 14.7. The van der Waals surface area contributed by atoms with E-state index in [2.05, 4.69) is 10.3 Å². The highest BCUT2D eigenvalue weighted by atomic mass is 16.5. The van der Waals surface area contributed by atoms with Crippen LogP contribution in [0.1, 0.15) is 25.4 Å². The smallest absolute Gasteiger partial charge is 0.325 e. The second-order valence-electron chi connectivity index (χ2n) is 5.73. The molecule has 0 aliphatic heterocycles. The number of hydrogen-bond donors (Lipinski definition) is 2. The Morgan fingerprint density at radius 1 is 1.36 bits per heavy atom. The van der Waals surface area contributed by atoms with Gasteiger partial charge in [0.15, 0.2) is 0 Å². The number of nitrogens with zero attached hydrogens (tertiary/aromatic N) is 2. The molecule has 0 radical (unpaired) electrons. The second kappa shape index (κ2) is 8.32. The number of aliphatic carboxylic acids is 1. The predicted octanol–water partition coefficient (Wildman–Crippen LogP) is 2.08. The van der Waals surface area contributed by atoms with Gasteiger partial charge in [0.25, 0.3) is 5.56 Å². The number of nitrogens with one attached hydrogen (secondary N) is 1. The normalized spacial score (nSPS) is 11.8. The van der Waals surface area contributed by atoms with Crippen LogP contribution in [-0.2, 0) is 17.8 Å². The van der Waals surface area contributed by atoms with E-state index in [1.54, 1.807) is 35.8 Å². The van der Waals surface area contributed by atoms with Gasteiger partial charge in [-0.1, -0.05) is 6.92 Å². The minimum Gasteiger partial charge on any atom is -0.492 e. The zero-order chi connectivity index (χ0) is 18.4. The quantitative estimate of drug-likeness (QED) is 0.761. The fraction of sp³-hybridized carbons (Fsp3) is 0.389. The predicted molar refractivity (Wildman–Crippen MR) is 95.3 cm³/mol. The Balaban J connectivity index is 1.94. The minimum atomic E-state index is -0.913. The van der Waals surface area contributed by atoms with Gasteiger partial charge in [0, 0.05) is 23.9 Å². The average Bonchev–Trinajstić information content (AvgIpc) is 2.57. The number of benzene rings is 1. The molecule has 25 heavy (non-hydrogen) atoms. The summed E-state index contributed by atoms with van der Waals surface area (Å²) in [5.41, 5.74) is 1.35. The molecule has 2 rings (SSSR count). The lowest BCUT2D eigenvalue weighted by Gasteiger charge is -2.13. The van der Waals surface area contributed by atoms with Gasteiger partial charge in [0.1, 0.15) is 24.2 Å². The molecule has 0 spiro atoms. The van der Waals surface area contributed by atoms with Crippen LogP contribution in [0.25, 0.3) is 0 Å². The first kappa shape index (κ1) is 18.5. The van der Waals surface area contributed by atoms with E-state index < -0.39 is 12.0 Å². The van der Waals surface area contributed by atoms with Gasteiger partial charge >= 0.3 is 5.97 Å². The first-order chi connectivity index (χ1) is 11.9. The lowest BCUT2D eigenvalue weighted by atomic mass is 10.2. The van der Waals surface area contributed by atoms with Crippen molar-refractivity contribution < 1.29 is 14.6 Å². The van der Waals surface area contributed by atoms with E-state index in [-0.39, 0.29) is 5.56 Å². The third kappa shape index (κ3) is 5.07. The highest BCUT2D eigenvalue weighted by Gasteiger charge is 2.10. The van der Waals surface area contributed by atoms with Crippen molar-refractivity contribution in [2.45, 2.75) is 39.8 Å². The van der Waals surface area contributed by atoms with Crippen LogP contribution in [0.3, 0.4) is 0 Å². The van der Waals surface area contributed by atoms with Crippen LogP contribution < -0.4 is 15.6 Å². The molecule has 0 amide bonds. The van der Waals surface area contributed by atoms with Gasteiger partial charge < -0.3 is 15.2 Å². The summed E-state index contributed by atoms with van der Waals surface area (Å²) >= 11 is 0. The standard InChI is InChI=1S/C18H23N3O4/c1-4-16-19-12(2)11-17(22)21(16)9-10-25-15-7-5-14(6-8-15)20-13(3)18(23)24/h5-8,11,13,20H,4,9-10H2,1-3H3,(H,23,24). The molecule has 1 atom stereocenters. The number of aryl methyl sites for hydroxylation is 2. The molecule has 1 heterocycles. The van der Waals surface area contributed by atoms with E-state index in [4.69, 9.17) is 9.84 Å². The molecule has 0 saturated heterocycles. The molecule has 2 aromatic rings. The van der Waals surface area contributed by atoms with Crippen LogP contribution in [0.15, 0.2) is 35.1 Å². The molecule has 1 aromatic carbocycles. The van der Waals surface area contributed by atoms with Gasteiger partial charge in [-0.05, 0) is 38.1 Å². The summed E-state index contributed by atoms with van der Waals surface area (Å²) in [5, 5.41) is 11.8. The SMILES string of the molecule is CCc1nc(C)cc(=O)n1CCOc1ccc(NC(C)C(=O)O)cc1. The molecule has 0 bridgehead atoms. The molecule has 1 aromatic heterocycles. The molecule has 0 fully saturated rings. The Labute approximate surface area is 146 Å². The Morgan fingerprint density at radius 3 is 2.64 bits per heavy atom. The van der Waals surface area contributed by atoms with Crippen molar-refractivity contribution in [1.29, 1.82) is 0 Å². The fourth-order valence-electron chi connectivity index (χ4n) is 2.40. The molecule has 0 aliphatic rings. The number of hydrogen-bond acceptors (Lipinski definition) is 5. The Hall–Kier alpha value is -2.83. The molecule has 1 unspecified atom stereocenters. The minimum absolute atomic E-state index is 0.0739. The number of anilines is 1. The molecule has 2 N–H and O–H groups in total. The summed E-state index contributed by atoms with van der Waals surface area (Å²) < 4.78 is 7.29. The lowest BCUT2D eigenvalue weighted by molar-refractivity contribution is -0.137. The summed E-state index contributed by atoms with van der Waals surface area (Å²) in [4.78, 5) is 27.3. The number of aromatic nitrogens is 2. The van der Waals surface area contributed by atoms with E-state index >= 15 is 0 Å². The van der Waals surface area contributed by atoms with E-state index in [9.17, 15) is 9.59 Å². The van der Waals surface area contributed by atoms with E-state index in [0.29, 0.717) is 31.0 Å². The van der Waals surface area contributed by atoms with Gasteiger partial charge in [-0.25, -0.2) is 4.98 Å². The lowest BCUT2D eigenvalue weighted by Crippen LogP contribution is -2.27. The maximum atomic E-state index is 12.1. The molecule has 0 saturated carbocycles. The van der Waals surface area contributed by atoms with Crippen molar-refractivity contribution in [3.63, 3.8) is 0 Å². The maximum Gasteiger partial charge on any atom is 0.325 e. The largest absolute Gasteiger partial charge is 0.492 e. The summed E-state index contributed by atoms with van der Waals surface area (Å²) in [5.74, 6) is 0.486. The van der Waals surface area contributed by atoms with Crippen LogP contribution in [-0.4, -0.2) is 33.3 Å². The van der Waals surface area contributed by atoms with Crippen molar-refractivity contribution in [2.75, 3.05) is 11.9 Å². The number of carboxylic acids is 1. The molecular weight excluding hydrogens is 322 g/mol. The molecule has 7 heteroatoms. The third-order valence-electron chi connectivity index (χ3n) is 3.72. The van der Waals surface area contributed by atoms with Crippen LogP contribution in [0.5, 0.6) is 5.75 Å². The number of rotatable bonds is 8. The average molecular weight is 345 g/mol. The van der Waals surface area contributed by atoms with Crippen LogP contribution in [0.2, 0.25) is 0 Å². The van der Waals surface area contributed by atoms with E-state index in [1.165, 1.54) is 6.07 Å². The molecule has 134 valence electrons. The zero-order valence-corrected chi connectivity index (χ0v) is 14.7. The van der Waals surface area contributed by atoms with Crippen molar-refractivity contribution >= 4 is 11.7 Å². The number of carboxylic acid groups (broad SMARTS) is 1. The number of ether oxygens (including phenoxy) is 1. The van der Waals surface area contributed by atoms with Gasteiger partial charge in [0.05, 0.1) is 6.54 Å². The van der Waals surface area contributed by atoms with Crippen molar-refractivity contribution in [1.82, 2.24) is 9.55 Å². The number of carbonyl (C=O) groups is 1. The van der Waals surface area contributed by atoms with E-state index in [1.807, 2.05) is 13.8 Å². The molecule has 7 nitrogen and oxygen atoms in total. The Morgan fingerprint density at radius 2 is 2.04 bits per heavy atom. The highest BCUT2D eigenvalue weighted by Crippen LogP contribution is 2.16. The van der Waals surface area contributed by atoms with E-state index in [0.717, 1.165) is 11.5 Å². The Kier molecular flexibility index (Phi) is 6.16. The summed E-state index contributed by atoms with van der Waals surface area (Å²) in [6.45, 7) is 6.11. The molecular formula is C18H23N3O4. The van der Waals surface area contributed by atoms with Crippen LogP contribution in [0.4, 0.5) is 5.69 Å². The first-order valence-electron chi connectivity index (χ1n) is 8.20. The van der Waals surface area contributed by atoms with Gasteiger partial charge in [-0.3, -0.25) is 14.2 Å². The van der Waals surface area contributed by atoms with Crippen molar-refractivity contribution in [2.24, 2.45) is 0 Å². The second-order valence-corrected chi connectivity index (χ2v) is 5.73. The van der Waals surface area contributed by atoms with Crippen LogP contribution in [0, 0.1) is 6.92 Å². The summed E-state index contributed by atoms with van der Waals surface area (Å²) in [7, 11) is 0. The van der Waals surface area contributed by atoms with Gasteiger partial charge in [-0.2, -0.15) is 0 Å². The van der Waals surface area contributed by atoms with Gasteiger partial charge in [-0.15, -0.1) is 0 Å². The van der Waals surface area contributed by atoms with Crippen molar-refractivity contribution in [3.05, 3.63) is 52.2 Å². The topological polar surface area (TPSA) is 93.5 Å². The highest BCUT2D eigenvalue weighted by molar-refractivity contribution is 5.76. The first-order valence-corrected chi connectivity index (χ1v) is 8.20. The summed E-state index contributed by atoms with van der Waals surface area (Å²) in [6, 6.07) is 7.88. The Bertz CT molecular complexity index is 784. The van der Waals surface area contributed by atoms with Crippen LogP contribution >= 0.6 is 0 Å². The third-order valence-corrected chi connectivity index (χ3v) is 3.72. The van der Waals surface area contributed by atoms with Crippen molar-refractivity contribution in [3.8, 4) is 5.75 Å². The maximum absolute atomic E-state index is 12.1. The molecule has 0 aliphatic carbocycles. The fourth-order valence-corrected chi connectivity index (χ4v) is 2.40. The summed E-state index contributed by atoms with van der Waals surface area (Å²) in [6.07, 6.45) is 0.680.